The third kappa shape index (κ3) is 3.99. The highest BCUT2D eigenvalue weighted by molar-refractivity contribution is 7.13. The quantitative estimate of drug-likeness (QED) is 0.480. The molecule has 3 aromatic heterocycles. The summed E-state index contributed by atoms with van der Waals surface area (Å²) in [6.07, 6.45) is 4.19. The van der Waals surface area contributed by atoms with Crippen LogP contribution in [0.3, 0.4) is 0 Å². The van der Waals surface area contributed by atoms with Gasteiger partial charge in [-0.15, -0.1) is 11.3 Å². The predicted molar refractivity (Wildman–Crippen MR) is 118 cm³/mol. The molecule has 1 aliphatic heterocycles. The highest BCUT2D eigenvalue weighted by Gasteiger charge is 2.27. The summed E-state index contributed by atoms with van der Waals surface area (Å²) in [4.78, 5) is 16.4. The Morgan fingerprint density at radius 3 is 3.00 bits per heavy atom. The van der Waals surface area contributed by atoms with Crippen molar-refractivity contribution < 1.29 is 0 Å². The molecule has 4 aromatic rings. The molecule has 0 radical (unpaired) electrons. The lowest BCUT2D eigenvalue weighted by Gasteiger charge is -2.24. The number of benzene rings is 1. The van der Waals surface area contributed by atoms with Crippen molar-refractivity contribution in [3.05, 3.63) is 77.1 Å². The Labute approximate surface area is 174 Å². The van der Waals surface area contributed by atoms with Gasteiger partial charge in [0.15, 0.2) is 5.13 Å². The Bertz CT molecular complexity index is 1140. The van der Waals surface area contributed by atoms with E-state index in [-0.39, 0.29) is 0 Å². The number of nitrogens with zero attached hydrogens (tertiary/aromatic N) is 4. The van der Waals surface area contributed by atoms with Crippen molar-refractivity contribution in [3.8, 4) is 0 Å². The highest BCUT2D eigenvalue weighted by atomic mass is 32.1. The number of pyridine rings is 2. The van der Waals surface area contributed by atoms with Crippen molar-refractivity contribution in [1.29, 1.82) is 0 Å². The third-order valence-electron chi connectivity index (χ3n) is 5.38. The first-order valence-corrected chi connectivity index (χ1v) is 10.9. The average molecular weight is 402 g/mol. The number of fused-ring (bicyclic) bond motifs is 1. The molecule has 0 spiro atoms. The van der Waals surface area contributed by atoms with Crippen LogP contribution >= 0.6 is 11.3 Å². The van der Waals surface area contributed by atoms with Crippen LogP contribution < -0.4 is 5.32 Å². The van der Waals surface area contributed by atoms with Crippen LogP contribution in [0.4, 0.5) is 10.9 Å². The molecule has 1 N–H and O–H groups in total. The molecular formula is C23H23N5S. The van der Waals surface area contributed by atoms with Crippen molar-refractivity contribution in [2.45, 2.75) is 32.4 Å². The largest absolute Gasteiger partial charge is 0.316 e. The minimum absolute atomic E-state index is 0.347. The Hall–Kier alpha value is -2.83. The molecular weight excluding hydrogens is 378 g/mol. The topological polar surface area (TPSA) is 53.9 Å². The molecule has 1 atom stereocenters. The first-order chi connectivity index (χ1) is 14.2. The minimum Gasteiger partial charge on any atom is -0.316 e. The summed E-state index contributed by atoms with van der Waals surface area (Å²) in [6.45, 7) is 4.03. The van der Waals surface area contributed by atoms with E-state index in [0.717, 1.165) is 47.4 Å². The molecule has 0 amide bonds. The van der Waals surface area contributed by atoms with Gasteiger partial charge in [-0.25, -0.2) is 9.97 Å². The normalized spacial score (nSPS) is 17.1. The minimum atomic E-state index is 0.347. The molecule has 6 heteroatoms. The van der Waals surface area contributed by atoms with Crippen LogP contribution in [0.25, 0.3) is 10.9 Å². The van der Waals surface area contributed by atoms with Crippen LogP contribution in [-0.2, 0) is 6.54 Å². The molecule has 1 aliphatic rings. The van der Waals surface area contributed by atoms with Crippen LogP contribution in [0.5, 0.6) is 0 Å². The van der Waals surface area contributed by atoms with E-state index in [4.69, 9.17) is 4.98 Å². The van der Waals surface area contributed by atoms with E-state index in [0.29, 0.717) is 6.04 Å². The Morgan fingerprint density at radius 2 is 2.10 bits per heavy atom. The van der Waals surface area contributed by atoms with Crippen LogP contribution in [0.2, 0.25) is 0 Å². The number of hydrogen-bond donors (Lipinski definition) is 1. The molecule has 1 aromatic carbocycles. The maximum absolute atomic E-state index is 4.90. The molecule has 0 aliphatic carbocycles. The van der Waals surface area contributed by atoms with Crippen molar-refractivity contribution >= 4 is 33.2 Å². The highest BCUT2D eigenvalue weighted by Crippen LogP contribution is 2.33. The maximum atomic E-state index is 4.90. The average Bonchev–Trinajstić information content (AvgIpc) is 3.37. The molecule has 5 nitrogen and oxygen atoms in total. The molecule has 5 rings (SSSR count). The van der Waals surface area contributed by atoms with Crippen molar-refractivity contribution in [3.63, 3.8) is 0 Å². The van der Waals surface area contributed by atoms with Gasteiger partial charge in [-0.1, -0.05) is 18.2 Å². The molecule has 0 saturated carbocycles. The Morgan fingerprint density at radius 1 is 1.14 bits per heavy atom. The predicted octanol–water partition coefficient (Wildman–Crippen LogP) is 5.48. The van der Waals surface area contributed by atoms with Crippen molar-refractivity contribution in [2.75, 3.05) is 11.9 Å². The van der Waals surface area contributed by atoms with Crippen LogP contribution in [-0.4, -0.2) is 26.4 Å². The monoisotopic (exact) mass is 401 g/mol. The number of aryl methyl sites for hydroxylation is 1. The lowest BCUT2D eigenvalue weighted by Crippen LogP contribution is -2.23. The van der Waals surface area contributed by atoms with E-state index < -0.39 is 0 Å². The number of hydrogen-bond acceptors (Lipinski definition) is 6. The molecule has 0 bridgehead atoms. The summed E-state index contributed by atoms with van der Waals surface area (Å²) < 4.78 is 0. The smallest absolute Gasteiger partial charge is 0.188 e. The summed E-state index contributed by atoms with van der Waals surface area (Å²) >= 11 is 1.61. The van der Waals surface area contributed by atoms with Crippen LogP contribution in [0, 0.1) is 6.92 Å². The number of rotatable bonds is 5. The first-order valence-electron chi connectivity index (χ1n) is 9.98. The van der Waals surface area contributed by atoms with Crippen LogP contribution in [0.1, 0.15) is 35.8 Å². The number of thiazole rings is 1. The van der Waals surface area contributed by atoms with Gasteiger partial charge in [0.25, 0.3) is 0 Å². The summed E-state index contributed by atoms with van der Waals surface area (Å²) in [6, 6.07) is 17.3. The molecule has 29 heavy (non-hydrogen) atoms. The fraction of sp³-hybridized carbons (Fsp3) is 0.261. The van der Waals surface area contributed by atoms with Gasteiger partial charge in [0.1, 0.15) is 5.82 Å². The summed E-state index contributed by atoms with van der Waals surface area (Å²) in [5.74, 6) is 0.862. The number of aromatic nitrogens is 3. The van der Waals surface area contributed by atoms with Gasteiger partial charge in [0.05, 0.1) is 22.9 Å². The van der Waals surface area contributed by atoms with E-state index in [9.17, 15) is 0 Å². The second kappa shape index (κ2) is 7.89. The fourth-order valence-electron chi connectivity index (χ4n) is 4.04. The second-order valence-corrected chi connectivity index (χ2v) is 8.38. The molecule has 4 heterocycles. The molecule has 1 unspecified atom stereocenters. The third-order valence-corrected chi connectivity index (χ3v) is 6.26. The Kier molecular flexibility index (Phi) is 4.96. The lowest BCUT2D eigenvalue weighted by atomic mass is 10.1. The summed E-state index contributed by atoms with van der Waals surface area (Å²) in [5.41, 5.74) is 4.53. The van der Waals surface area contributed by atoms with Gasteiger partial charge >= 0.3 is 0 Å². The molecule has 1 saturated heterocycles. The fourth-order valence-corrected chi connectivity index (χ4v) is 4.73. The zero-order valence-electron chi connectivity index (χ0n) is 16.4. The molecule has 146 valence electrons. The summed E-state index contributed by atoms with van der Waals surface area (Å²) in [7, 11) is 0. The van der Waals surface area contributed by atoms with Gasteiger partial charge in [0.2, 0.25) is 0 Å². The summed E-state index contributed by atoms with van der Waals surface area (Å²) in [5, 5.41) is 7.48. The van der Waals surface area contributed by atoms with Gasteiger partial charge < -0.3 is 5.32 Å². The maximum Gasteiger partial charge on any atom is 0.188 e. The standard InChI is InChI=1S/C23H23N5S/c1-16-15-29-23(25-16)27-22-8-2-6-20(26-22)21-7-4-12-28(21)14-17-9-10-19-18(13-17)5-3-11-24-19/h2-3,5-6,8-11,13,15,21H,4,7,12,14H2,1H3,(H,25,26,27). The Balaban J connectivity index is 1.35. The van der Waals surface area contributed by atoms with Crippen molar-refractivity contribution in [2.24, 2.45) is 0 Å². The SMILES string of the molecule is Cc1csc(Nc2cccc(C3CCCN3Cc3ccc4ncccc4c3)n2)n1. The number of nitrogens with one attached hydrogen (secondary N) is 1. The zero-order valence-corrected chi connectivity index (χ0v) is 17.2. The van der Waals surface area contributed by atoms with Crippen LogP contribution in [0.15, 0.2) is 60.1 Å². The number of anilines is 2. The van der Waals surface area contributed by atoms with E-state index >= 15 is 0 Å². The first kappa shape index (κ1) is 18.2. The molecule has 1 fully saturated rings. The van der Waals surface area contributed by atoms with E-state index in [1.165, 1.54) is 17.4 Å². The van der Waals surface area contributed by atoms with Crippen molar-refractivity contribution in [1.82, 2.24) is 19.9 Å². The van der Waals surface area contributed by atoms with Gasteiger partial charge in [-0.05, 0) is 62.2 Å². The number of likely N-dealkylation sites (tertiary alicyclic amines) is 1. The van der Waals surface area contributed by atoms with E-state index in [1.54, 1.807) is 11.3 Å². The van der Waals surface area contributed by atoms with E-state index in [1.807, 2.05) is 30.6 Å². The van der Waals surface area contributed by atoms with Gasteiger partial charge in [-0.3, -0.25) is 9.88 Å². The second-order valence-electron chi connectivity index (χ2n) is 7.53. The van der Waals surface area contributed by atoms with E-state index in [2.05, 4.69) is 56.6 Å². The lowest BCUT2D eigenvalue weighted by molar-refractivity contribution is 0.244. The van der Waals surface area contributed by atoms with Gasteiger partial charge in [0, 0.05) is 23.5 Å². The van der Waals surface area contributed by atoms with Gasteiger partial charge in [-0.2, -0.15) is 0 Å². The zero-order chi connectivity index (χ0) is 19.6.